The van der Waals surface area contributed by atoms with E-state index in [0.717, 1.165) is 29.3 Å². The van der Waals surface area contributed by atoms with Gasteiger partial charge in [0.1, 0.15) is 41.6 Å². The number of nitrogens with zero attached hydrogens (tertiary/aromatic N) is 7. The largest absolute Gasteiger partial charge is 0.509 e. The van der Waals surface area contributed by atoms with Crippen LogP contribution in [0.2, 0.25) is 0 Å². The number of alkyl halides is 3. The molecule has 2 amide bonds. The maximum atomic E-state index is 15.0. The molecule has 246 valence electrons. The minimum Gasteiger partial charge on any atom is -0.509 e. The van der Waals surface area contributed by atoms with Gasteiger partial charge in [-0.05, 0) is 44.0 Å². The second-order valence-electron chi connectivity index (χ2n) is 11.2. The van der Waals surface area contributed by atoms with Gasteiger partial charge in [-0.1, -0.05) is 18.1 Å². The lowest BCUT2D eigenvalue weighted by Gasteiger charge is -2.46. The number of aliphatic hydroxyl groups excluding tert-OH is 1. The van der Waals surface area contributed by atoms with Crippen molar-refractivity contribution < 1.29 is 36.6 Å². The van der Waals surface area contributed by atoms with Crippen LogP contribution in [-0.4, -0.2) is 49.0 Å². The molecule has 49 heavy (non-hydrogen) atoms. The Bertz CT molecular complexity index is 2090. The number of amides is 2. The molecular formula is C33H21F5N8O3. The Kier molecular flexibility index (Phi) is 8.56. The lowest BCUT2D eigenvalue weighted by atomic mass is 9.83. The van der Waals surface area contributed by atoms with Gasteiger partial charge in [-0.2, -0.15) is 29.0 Å². The van der Waals surface area contributed by atoms with Crippen molar-refractivity contribution in [1.29, 1.82) is 15.8 Å². The molecule has 2 aliphatic rings. The molecule has 0 unspecified atom stereocenters. The predicted octanol–water partition coefficient (Wildman–Crippen LogP) is 4.79. The van der Waals surface area contributed by atoms with Crippen LogP contribution >= 0.6 is 0 Å². The summed E-state index contributed by atoms with van der Waals surface area (Å²) in [5.41, 5.74) is -7.84. The summed E-state index contributed by atoms with van der Waals surface area (Å²) >= 11 is 0. The van der Waals surface area contributed by atoms with Crippen LogP contribution in [0, 0.1) is 58.0 Å². The smallest absolute Gasteiger partial charge is 0.433 e. The third-order valence-electron chi connectivity index (χ3n) is 8.39. The van der Waals surface area contributed by atoms with Crippen LogP contribution in [-0.2, 0) is 27.7 Å². The van der Waals surface area contributed by atoms with Gasteiger partial charge >= 0.3 is 6.18 Å². The first-order valence-electron chi connectivity index (χ1n) is 14.2. The Labute approximate surface area is 275 Å². The highest BCUT2D eigenvalue weighted by Crippen LogP contribution is 2.42. The molecule has 16 heteroatoms. The zero-order chi connectivity index (χ0) is 35.9. The maximum Gasteiger partial charge on any atom is 0.433 e. The van der Waals surface area contributed by atoms with Gasteiger partial charge in [0.2, 0.25) is 0 Å². The molecule has 3 aromatic rings. The summed E-state index contributed by atoms with van der Waals surface area (Å²) in [5.74, 6) is -3.60. The molecule has 0 bridgehead atoms. The summed E-state index contributed by atoms with van der Waals surface area (Å²) in [4.78, 5) is 34.8. The molecule has 5 rings (SSSR count). The highest BCUT2D eigenvalue weighted by atomic mass is 19.4. The number of terminal acetylenes is 1. The Morgan fingerprint density at radius 1 is 1.08 bits per heavy atom. The Hall–Kier alpha value is -6.36. The number of hydrazine groups is 1. The molecule has 1 aromatic heterocycles. The Balaban J connectivity index is 1.60. The fraction of sp³-hybridized carbons (Fsp3) is 0.242. The summed E-state index contributed by atoms with van der Waals surface area (Å²) in [5, 5.41) is 44.9. The zero-order valence-corrected chi connectivity index (χ0v) is 25.2. The Morgan fingerprint density at radius 2 is 1.78 bits per heavy atom. The van der Waals surface area contributed by atoms with Crippen LogP contribution in [0.5, 0.6) is 0 Å². The third-order valence-corrected chi connectivity index (χ3v) is 8.39. The SMILES string of the molecule is C#Cc1ccc(CN2C(=O)C(C(=O)Nc3ccc(C(C#N)(C#N)C#N)cc3-c3cc(C(F)(F)F)ncn3)=C(O)[C@@]3(C)CCCN23)c(F)c1F. The quantitative estimate of drug-likeness (QED) is 0.212. The fourth-order valence-corrected chi connectivity index (χ4v) is 5.74. The zero-order valence-electron chi connectivity index (χ0n) is 25.2. The number of hydrogen-bond donors (Lipinski definition) is 2. The van der Waals surface area contributed by atoms with Crippen LogP contribution in [0.1, 0.15) is 42.1 Å². The highest BCUT2D eigenvalue weighted by molar-refractivity contribution is 6.24. The average molecular weight is 673 g/mol. The number of aromatic nitrogens is 2. The van der Waals surface area contributed by atoms with Crippen LogP contribution in [0.4, 0.5) is 27.6 Å². The van der Waals surface area contributed by atoms with Gasteiger partial charge in [0.25, 0.3) is 17.2 Å². The van der Waals surface area contributed by atoms with Gasteiger partial charge in [-0.15, -0.1) is 6.42 Å². The van der Waals surface area contributed by atoms with Crippen molar-refractivity contribution in [2.45, 2.75) is 43.4 Å². The number of anilines is 1. The minimum atomic E-state index is -4.92. The van der Waals surface area contributed by atoms with Crippen molar-refractivity contribution >= 4 is 17.5 Å². The molecule has 11 nitrogen and oxygen atoms in total. The van der Waals surface area contributed by atoms with E-state index in [4.69, 9.17) is 6.42 Å². The number of carbonyl (C=O) groups excluding carboxylic acids is 2. The molecule has 3 heterocycles. The van der Waals surface area contributed by atoms with Crippen LogP contribution in [0.25, 0.3) is 11.3 Å². The van der Waals surface area contributed by atoms with Crippen molar-refractivity contribution in [2.24, 2.45) is 0 Å². The van der Waals surface area contributed by atoms with Gasteiger partial charge < -0.3 is 10.4 Å². The lowest BCUT2D eigenvalue weighted by Crippen LogP contribution is -2.60. The van der Waals surface area contributed by atoms with E-state index in [1.165, 1.54) is 18.0 Å². The first-order chi connectivity index (χ1) is 23.1. The standard InChI is InChI=1S/C33H21F5N8O3/c1-3-18-5-6-19(27(35)26(18)34)13-45-30(49)25(28(47)31(2)9-4-10-46(31)45)29(48)44-22-8-7-20(32(14-39,15-40)16-41)11-21(22)23-12-24(33(36,37)38)43-17-42-23/h1,5-8,11-12,17,47H,4,9-10,13H2,2H3,(H,44,48)/t31-/m1/s1. The molecule has 0 spiro atoms. The van der Waals surface area contributed by atoms with Crippen molar-refractivity contribution in [3.05, 3.63) is 88.1 Å². The van der Waals surface area contributed by atoms with Gasteiger partial charge in [0, 0.05) is 23.2 Å². The number of halogens is 5. The topological polar surface area (TPSA) is 170 Å². The van der Waals surface area contributed by atoms with E-state index in [2.05, 4.69) is 15.3 Å². The second-order valence-corrected chi connectivity index (χ2v) is 11.2. The van der Waals surface area contributed by atoms with E-state index in [9.17, 15) is 52.4 Å². The second kappa shape index (κ2) is 12.3. The molecule has 0 aliphatic carbocycles. The number of nitriles is 3. The Morgan fingerprint density at radius 3 is 2.41 bits per heavy atom. The predicted molar refractivity (Wildman–Crippen MR) is 158 cm³/mol. The van der Waals surface area contributed by atoms with E-state index in [0.29, 0.717) is 18.8 Å². The molecule has 2 aromatic carbocycles. The van der Waals surface area contributed by atoms with Crippen LogP contribution in [0.15, 0.2) is 54.1 Å². The minimum absolute atomic E-state index is 0.201. The van der Waals surface area contributed by atoms with Crippen molar-refractivity contribution in [2.75, 3.05) is 11.9 Å². The summed E-state index contributed by atoms with van der Waals surface area (Å²) < 4.78 is 70.2. The van der Waals surface area contributed by atoms with E-state index in [1.54, 1.807) is 18.2 Å². The van der Waals surface area contributed by atoms with Gasteiger partial charge in [0.15, 0.2) is 11.6 Å². The third kappa shape index (κ3) is 5.65. The number of aliphatic hydroxyl groups is 1. The van der Waals surface area contributed by atoms with Gasteiger partial charge in [-0.25, -0.2) is 23.8 Å². The van der Waals surface area contributed by atoms with Crippen LogP contribution < -0.4 is 5.32 Å². The van der Waals surface area contributed by atoms with E-state index >= 15 is 0 Å². The number of fused-ring (bicyclic) bond motifs is 1. The van der Waals surface area contributed by atoms with E-state index in [-0.39, 0.29) is 40.9 Å². The molecular weight excluding hydrogens is 651 g/mol. The summed E-state index contributed by atoms with van der Waals surface area (Å²) in [6, 6.07) is 10.7. The van der Waals surface area contributed by atoms with Crippen molar-refractivity contribution in [3.8, 4) is 41.8 Å². The van der Waals surface area contributed by atoms with Crippen molar-refractivity contribution in [3.63, 3.8) is 0 Å². The molecule has 1 atom stereocenters. The normalized spacial score (nSPS) is 17.8. The monoisotopic (exact) mass is 672 g/mol. The molecule has 1 fully saturated rings. The van der Waals surface area contributed by atoms with Gasteiger partial charge in [-0.3, -0.25) is 14.6 Å². The molecule has 2 N–H and O–H groups in total. The number of rotatable bonds is 6. The molecule has 0 saturated carbocycles. The number of nitrogens with one attached hydrogen (secondary N) is 1. The van der Waals surface area contributed by atoms with Crippen molar-refractivity contribution in [1.82, 2.24) is 20.0 Å². The first kappa shape index (κ1) is 34.0. The molecule has 1 saturated heterocycles. The summed E-state index contributed by atoms with van der Waals surface area (Å²) in [6.45, 7) is 1.17. The summed E-state index contributed by atoms with van der Waals surface area (Å²) in [6.07, 6.45) is 1.56. The van der Waals surface area contributed by atoms with E-state index < -0.39 is 69.8 Å². The average Bonchev–Trinajstić information content (AvgIpc) is 3.49. The molecule has 2 aliphatic heterocycles. The van der Waals surface area contributed by atoms with Crippen LogP contribution in [0.3, 0.4) is 0 Å². The maximum absolute atomic E-state index is 15.0. The van der Waals surface area contributed by atoms with Gasteiger partial charge in [0.05, 0.1) is 29.0 Å². The fourth-order valence-electron chi connectivity index (χ4n) is 5.74. The van der Waals surface area contributed by atoms with E-state index in [1.807, 2.05) is 5.92 Å². The number of benzene rings is 2. The summed E-state index contributed by atoms with van der Waals surface area (Å²) in [7, 11) is 0. The number of hydrogen-bond acceptors (Lipinski definition) is 9. The first-order valence-corrected chi connectivity index (χ1v) is 14.2. The molecule has 0 radical (unpaired) electrons. The number of carbonyl (C=O) groups is 2. The highest BCUT2D eigenvalue weighted by Gasteiger charge is 2.53. The lowest BCUT2D eigenvalue weighted by molar-refractivity contribution is -0.160.